The summed E-state index contributed by atoms with van der Waals surface area (Å²) in [5, 5.41) is 8.72. The Morgan fingerprint density at radius 3 is 2.81 bits per heavy atom. The molecule has 0 unspecified atom stereocenters. The number of nitrogens with zero attached hydrogens (tertiary/aromatic N) is 1. The zero-order chi connectivity index (χ0) is 12.0. The maximum absolute atomic E-state index is 11.4. The molecule has 4 nitrogen and oxygen atoms in total. The molecule has 0 saturated carbocycles. The lowest BCUT2D eigenvalue weighted by molar-refractivity contribution is 0.287. The number of aliphatic hydroxyl groups excluding tert-OH is 1. The van der Waals surface area contributed by atoms with Crippen molar-refractivity contribution in [2.45, 2.75) is 39.5 Å². The number of rotatable bonds is 6. The molecule has 1 heterocycles. The average Bonchev–Trinajstić information content (AvgIpc) is 2.23. The number of nitrogens with one attached hydrogen (secondary N) is 1. The van der Waals surface area contributed by atoms with Gasteiger partial charge >= 0.3 is 0 Å². The topological polar surface area (TPSA) is 66.0 Å². The van der Waals surface area contributed by atoms with Crippen molar-refractivity contribution in [3.63, 3.8) is 0 Å². The second kappa shape index (κ2) is 6.43. The van der Waals surface area contributed by atoms with E-state index in [1.807, 2.05) is 0 Å². The van der Waals surface area contributed by atoms with Crippen molar-refractivity contribution in [3.05, 3.63) is 27.9 Å². The third-order valence-corrected chi connectivity index (χ3v) is 2.39. The lowest BCUT2D eigenvalue weighted by Gasteiger charge is -2.05. The van der Waals surface area contributed by atoms with Crippen molar-refractivity contribution in [1.29, 1.82) is 0 Å². The molecular formula is C12H20N2O2. The van der Waals surface area contributed by atoms with E-state index < -0.39 is 0 Å². The highest BCUT2D eigenvalue weighted by Crippen LogP contribution is 2.05. The number of aliphatic hydroxyl groups is 1. The Hall–Kier alpha value is -1.16. The highest BCUT2D eigenvalue weighted by molar-refractivity contribution is 5.03. The van der Waals surface area contributed by atoms with Crippen molar-refractivity contribution in [3.8, 4) is 0 Å². The molecule has 0 spiro atoms. The largest absolute Gasteiger partial charge is 0.396 e. The standard InChI is InChI=1S/C12H20N2O2/c1-9(2)5-6-10-8-12(16)14-11(13-10)4-3-7-15/h8-9,15H,3-7H2,1-2H3,(H,13,14,16). The van der Waals surface area contributed by atoms with Crippen LogP contribution in [-0.2, 0) is 12.8 Å². The number of H-pyrrole nitrogens is 1. The minimum Gasteiger partial charge on any atom is -0.396 e. The molecule has 1 aromatic rings. The van der Waals surface area contributed by atoms with Crippen LogP contribution in [0.2, 0.25) is 0 Å². The van der Waals surface area contributed by atoms with Crippen LogP contribution < -0.4 is 5.56 Å². The van der Waals surface area contributed by atoms with Crippen molar-refractivity contribution in [2.24, 2.45) is 5.92 Å². The highest BCUT2D eigenvalue weighted by Gasteiger charge is 2.02. The minimum atomic E-state index is -0.0957. The van der Waals surface area contributed by atoms with Crippen molar-refractivity contribution >= 4 is 0 Å². The predicted molar refractivity (Wildman–Crippen MR) is 63.4 cm³/mol. The second-order valence-electron chi connectivity index (χ2n) is 4.44. The van der Waals surface area contributed by atoms with Crippen molar-refractivity contribution in [1.82, 2.24) is 9.97 Å². The monoisotopic (exact) mass is 224 g/mol. The van der Waals surface area contributed by atoms with Gasteiger partial charge in [0.15, 0.2) is 0 Å². The molecule has 16 heavy (non-hydrogen) atoms. The zero-order valence-electron chi connectivity index (χ0n) is 9.99. The summed E-state index contributed by atoms with van der Waals surface area (Å²) in [4.78, 5) is 18.4. The summed E-state index contributed by atoms with van der Waals surface area (Å²) >= 11 is 0. The van der Waals surface area contributed by atoms with Crippen LogP contribution in [0.15, 0.2) is 10.9 Å². The van der Waals surface area contributed by atoms with E-state index in [4.69, 9.17) is 5.11 Å². The summed E-state index contributed by atoms with van der Waals surface area (Å²) in [5.74, 6) is 1.29. The molecular weight excluding hydrogens is 204 g/mol. The van der Waals surface area contributed by atoms with E-state index >= 15 is 0 Å². The third kappa shape index (κ3) is 4.57. The molecule has 0 radical (unpaired) electrons. The van der Waals surface area contributed by atoms with Gasteiger partial charge in [0.05, 0.1) is 0 Å². The Morgan fingerprint density at radius 1 is 1.44 bits per heavy atom. The van der Waals surface area contributed by atoms with E-state index in [0.717, 1.165) is 18.5 Å². The molecule has 90 valence electrons. The molecule has 0 fully saturated rings. The molecule has 1 rings (SSSR count). The first-order chi connectivity index (χ1) is 7.61. The molecule has 0 aliphatic heterocycles. The summed E-state index contributed by atoms with van der Waals surface area (Å²) in [6, 6.07) is 1.56. The number of aromatic amines is 1. The Labute approximate surface area is 95.7 Å². The Kier molecular flexibility index (Phi) is 5.19. The molecule has 0 aliphatic carbocycles. The highest BCUT2D eigenvalue weighted by atomic mass is 16.2. The Bertz CT molecular complexity index is 372. The zero-order valence-corrected chi connectivity index (χ0v) is 9.99. The van der Waals surface area contributed by atoms with Gasteiger partial charge in [0, 0.05) is 24.8 Å². The summed E-state index contributed by atoms with van der Waals surface area (Å²) in [7, 11) is 0. The van der Waals surface area contributed by atoms with Gasteiger partial charge in [-0.15, -0.1) is 0 Å². The molecule has 0 atom stereocenters. The van der Waals surface area contributed by atoms with Gasteiger partial charge in [-0.25, -0.2) is 4.98 Å². The summed E-state index contributed by atoms with van der Waals surface area (Å²) in [5.41, 5.74) is 0.757. The molecule has 0 bridgehead atoms. The van der Waals surface area contributed by atoms with E-state index in [-0.39, 0.29) is 12.2 Å². The lowest BCUT2D eigenvalue weighted by Crippen LogP contribution is -2.13. The smallest absolute Gasteiger partial charge is 0.251 e. The fourth-order valence-corrected chi connectivity index (χ4v) is 1.49. The van der Waals surface area contributed by atoms with E-state index in [1.54, 1.807) is 6.07 Å². The molecule has 2 N–H and O–H groups in total. The molecule has 0 amide bonds. The normalized spacial score (nSPS) is 11.0. The Balaban J connectivity index is 2.69. The first-order valence-corrected chi connectivity index (χ1v) is 5.81. The average molecular weight is 224 g/mol. The van der Waals surface area contributed by atoms with Gasteiger partial charge in [0.2, 0.25) is 0 Å². The van der Waals surface area contributed by atoms with Crippen LogP contribution in [0, 0.1) is 5.92 Å². The minimum absolute atomic E-state index is 0.0957. The summed E-state index contributed by atoms with van der Waals surface area (Å²) in [6.07, 6.45) is 3.14. The van der Waals surface area contributed by atoms with Crippen molar-refractivity contribution in [2.75, 3.05) is 6.61 Å². The number of aryl methyl sites for hydroxylation is 2. The summed E-state index contributed by atoms with van der Waals surface area (Å²) in [6.45, 7) is 4.43. The van der Waals surface area contributed by atoms with Gasteiger partial charge < -0.3 is 10.1 Å². The van der Waals surface area contributed by atoms with E-state index in [0.29, 0.717) is 24.6 Å². The van der Waals surface area contributed by atoms with Crippen LogP contribution in [0.4, 0.5) is 0 Å². The third-order valence-electron chi connectivity index (χ3n) is 2.39. The van der Waals surface area contributed by atoms with Crippen molar-refractivity contribution < 1.29 is 5.11 Å². The van der Waals surface area contributed by atoms with Gasteiger partial charge in [-0.05, 0) is 25.2 Å². The van der Waals surface area contributed by atoms with Gasteiger partial charge in [0.1, 0.15) is 5.82 Å². The predicted octanol–water partition coefficient (Wildman–Crippen LogP) is 1.28. The lowest BCUT2D eigenvalue weighted by atomic mass is 10.1. The van der Waals surface area contributed by atoms with E-state index in [2.05, 4.69) is 23.8 Å². The fraction of sp³-hybridized carbons (Fsp3) is 0.667. The van der Waals surface area contributed by atoms with Gasteiger partial charge in [-0.2, -0.15) is 0 Å². The number of aromatic nitrogens is 2. The number of hydrogen-bond donors (Lipinski definition) is 2. The number of hydrogen-bond acceptors (Lipinski definition) is 3. The Morgan fingerprint density at radius 2 is 2.19 bits per heavy atom. The first-order valence-electron chi connectivity index (χ1n) is 5.81. The molecule has 0 aliphatic rings. The molecule has 4 heteroatoms. The van der Waals surface area contributed by atoms with Crippen LogP contribution in [0.3, 0.4) is 0 Å². The maximum Gasteiger partial charge on any atom is 0.251 e. The van der Waals surface area contributed by atoms with Crippen LogP contribution in [0.5, 0.6) is 0 Å². The fourth-order valence-electron chi connectivity index (χ4n) is 1.49. The van der Waals surface area contributed by atoms with E-state index in [1.165, 1.54) is 0 Å². The summed E-state index contributed by atoms with van der Waals surface area (Å²) < 4.78 is 0. The van der Waals surface area contributed by atoms with Gasteiger partial charge in [-0.3, -0.25) is 4.79 Å². The van der Waals surface area contributed by atoms with E-state index in [9.17, 15) is 4.79 Å². The maximum atomic E-state index is 11.4. The first kappa shape index (κ1) is 12.9. The second-order valence-corrected chi connectivity index (χ2v) is 4.44. The quantitative estimate of drug-likeness (QED) is 0.765. The molecule has 1 aromatic heterocycles. The SMILES string of the molecule is CC(C)CCc1cc(=O)[nH]c(CCCO)n1. The van der Waals surface area contributed by atoms with Gasteiger partial charge in [0.25, 0.3) is 5.56 Å². The van der Waals surface area contributed by atoms with Crippen LogP contribution in [-0.4, -0.2) is 21.7 Å². The molecule has 0 saturated heterocycles. The molecule has 0 aromatic carbocycles. The van der Waals surface area contributed by atoms with Crippen LogP contribution in [0.25, 0.3) is 0 Å². The van der Waals surface area contributed by atoms with Crippen LogP contribution >= 0.6 is 0 Å². The van der Waals surface area contributed by atoms with Crippen LogP contribution in [0.1, 0.15) is 38.2 Å². The van der Waals surface area contributed by atoms with Gasteiger partial charge in [-0.1, -0.05) is 13.8 Å².